The van der Waals surface area contributed by atoms with Gasteiger partial charge in [-0.2, -0.15) is 0 Å². The highest BCUT2D eigenvalue weighted by Gasteiger charge is 2.54. The van der Waals surface area contributed by atoms with E-state index in [0.717, 1.165) is 11.1 Å². The van der Waals surface area contributed by atoms with Crippen LogP contribution in [0.2, 0.25) is 0 Å². The van der Waals surface area contributed by atoms with Gasteiger partial charge in [0.2, 0.25) is 11.8 Å². The number of ether oxygens (including phenoxy) is 1. The lowest BCUT2D eigenvalue weighted by molar-refractivity contribution is -0.135. The number of carbonyl (C=O) groups excluding carboxylic acids is 3. The standard InChI is InChI=1S/C21H28N2O6/c1-12(2)7-16(18(26)21(10-25)11-29-21)22-20(28)17(9-24)23-19(27)15-8-13-5-3-4-6-14(13)15/h3-6,12,15-17,24-25H,7-11H2,1-2H3,(H,22,28)(H,23,27)/t15?,16?,17-,21?/m0/s1. The molecule has 2 amide bonds. The molecule has 8 heteroatoms. The number of ketones is 1. The minimum Gasteiger partial charge on any atom is -0.394 e. The molecule has 3 unspecified atom stereocenters. The zero-order valence-corrected chi connectivity index (χ0v) is 16.7. The summed E-state index contributed by atoms with van der Waals surface area (Å²) in [5, 5.41) is 24.3. The van der Waals surface area contributed by atoms with Crippen molar-refractivity contribution in [3.63, 3.8) is 0 Å². The fourth-order valence-corrected chi connectivity index (χ4v) is 3.65. The average molecular weight is 404 g/mol. The van der Waals surface area contributed by atoms with Crippen molar-refractivity contribution < 1.29 is 29.3 Å². The predicted octanol–water partition coefficient (Wildman–Crippen LogP) is -0.335. The molecule has 1 aliphatic carbocycles. The first-order chi connectivity index (χ1) is 13.8. The van der Waals surface area contributed by atoms with Gasteiger partial charge in [-0.3, -0.25) is 14.4 Å². The third-order valence-corrected chi connectivity index (χ3v) is 5.52. The second-order valence-electron chi connectivity index (χ2n) is 8.20. The van der Waals surface area contributed by atoms with Crippen molar-refractivity contribution in [1.82, 2.24) is 10.6 Å². The summed E-state index contributed by atoms with van der Waals surface area (Å²) < 4.78 is 5.12. The molecule has 1 heterocycles. The topological polar surface area (TPSA) is 128 Å². The van der Waals surface area contributed by atoms with Gasteiger partial charge >= 0.3 is 0 Å². The Bertz CT molecular complexity index is 789. The molecule has 158 valence electrons. The largest absolute Gasteiger partial charge is 0.394 e. The Kier molecular flexibility index (Phi) is 6.36. The number of benzene rings is 1. The summed E-state index contributed by atoms with van der Waals surface area (Å²) in [6.45, 7) is 2.90. The molecule has 0 spiro atoms. The molecule has 29 heavy (non-hydrogen) atoms. The molecule has 1 fully saturated rings. The lowest BCUT2D eigenvalue weighted by atomic mass is 9.77. The molecule has 1 aromatic carbocycles. The van der Waals surface area contributed by atoms with Gasteiger partial charge in [-0.25, -0.2) is 0 Å². The number of fused-ring (bicyclic) bond motifs is 1. The number of carbonyl (C=O) groups is 3. The zero-order valence-electron chi connectivity index (χ0n) is 16.7. The first-order valence-corrected chi connectivity index (χ1v) is 9.90. The van der Waals surface area contributed by atoms with Crippen molar-refractivity contribution in [3.8, 4) is 0 Å². The fourth-order valence-electron chi connectivity index (χ4n) is 3.65. The van der Waals surface area contributed by atoms with Crippen molar-refractivity contribution in [2.75, 3.05) is 19.8 Å². The molecule has 0 saturated carbocycles. The molecule has 4 atom stereocenters. The zero-order chi connectivity index (χ0) is 21.2. The summed E-state index contributed by atoms with van der Waals surface area (Å²) >= 11 is 0. The Hall–Kier alpha value is -2.29. The lowest BCUT2D eigenvalue weighted by Gasteiger charge is -2.30. The molecule has 3 rings (SSSR count). The number of hydrogen-bond acceptors (Lipinski definition) is 6. The molecule has 8 nitrogen and oxygen atoms in total. The number of aliphatic hydroxyl groups excluding tert-OH is 2. The van der Waals surface area contributed by atoms with Crippen LogP contribution in [0.25, 0.3) is 0 Å². The van der Waals surface area contributed by atoms with E-state index in [2.05, 4.69) is 10.6 Å². The van der Waals surface area contributed by atoms with E-state index in [1.54, 1.807) is 0 Å². The van der Waals surface area contributed by atoms with Crippen molar-refractivity contribution in [1.29, 1.82) is 0 Å². The Labute approximate surface area is 169 Å². The van der Waals surface area contributed by atoms with Crippen molar-refractivity contribution in [2.45, 2.75) is 50.3 Å². The molecule has 0 radical (unpaired) electrons. The Morgan fingerprint density at radius 2 is 1.86 bits per heavy atom. The number of epoxide rings is 1. The molecular weight excluding hydrogens is 376 g/mol. The molecule has 4 N–H and O–H groups in total. The normalized spacial score (nSPS) is 24.1. The maximum Gasteiger partial charge on any atom is 0.245 e. The van der Waals surface area contributed by atoms with Crippen LogP contribution in [0.4, 0.5) is 0 Å². The first kappa shape index (κ1) is 21.4. The molecule has 1 aliphatic heterocycles. The SMILES string of the molecule is CC(C)CC(NC(=O)[C@H](CO)NC(=O)C1Cc2ccccc21)C(=O)C1(CO)CO1. The van der Waals surface area contributed by atoms with E-state index in [0.29, 0.717) is 12.8 Å². The van der Waals surface area contributed by atoms with Gasteiger partial charge in [0.15, 0.2) is 11.4 Å². The van der Waals surface area contributed by atoms with Gasteiger partial charge in [0, 0.05) is 0 Å². The molecule has 0 bridgehead atoms. The van der Waals surface area contributed by atoms with Crippen LogP contribution in [0.15, 0.2) is 24.3 Å². The van der Waals surface area contributed by atoms with E-state index in [4.69, 9.17) is 4.74 Å². The molecule has 2 aliphatic rings. The summed E-state index contributed by atoms with van der Waals surface area (Å²) in [5.41, 5.74) is 0.769. The number of amides is 2. The summed E-state index contributed by atoms with van der Waals surface area (Å²) in [6, 6.07) is 5.56. The Morgan fingerprint density at radius 3 is 2.41 bits per heavy atom. The van der Waals surface area contributed by atoms with E-state index in [-0.39, 0.29) is 24.3 Å². The quantitative estimate of drug-likeness (QED) is 0.395. The van der Waals surface area contributed by atoms with E-state index in [1.807, 2.05) is 38.1 Å². The van der Waals surface area contributed by atoms with Gasteiger partial charge in [0.25, 0.3) is 0 Å². The van der Waals surface area contributed by atoms with Crippen LogP contribution in [-0.4, -0.2) is 65.3 Å². The minimum atomic E-state index is -1.25. The van der Waals surface area contributed by atoms with Gasteiger partial charge in [-0.1, -0.05) is 38.1 Å². The van der Waals surface area contributed by atoms with Crippen molar-refractivity contribution >= 4 is 17.6 Å². The summed E-state index contributed by atoms with van der Waals surface area (Å²) in [6.07, 6.45) is 0.949. The van der Waals surface area contributed by atoms with Gasteiger partial charge < -0.3 is 25.6 Å². The van der Waals surface area contributed by atoms with Crippen LogP contribution >= 0.6 is 0 Å². The van der Waals surface area contributed by atoms with Crippen LogP contribution in [-0.2, 0) is 25.5 Å². The monoisotopic (exact) mass is 404 g/mol. The number of Topliss-reactive ketones (excluding diaryl/α,β-unsaturated/α-hetero) is 1. The highest BCUT2D eigenvalue weighted by Crippen LogP contribution is 2.35. The lowest BCUT2D eigenvalue weighted by Crippen LogP contribution is -2.56. The van der Waals surface area contributed by atoms with Gasteiger partial charge in [0.1, 0.15) is 6.04 Å². The number of nitrogens with one attached hydrogen (secondary N) is 2. The highest BCUT2D eigenvalue weighted by atomic mass is 16.6. The van der Waals surface area contributed by atoms with Crippen LogP contribution in [0.3, 0.4) is 0 Å². The van der Waals surface area contributed by atoms with E-state index >= 15 is 0 Å². The van der Waals surface area contributed by atoms with Gasteiger partial charge in [-0.05, 0) is 29.9 Å². The van der Waals surface area contributed by atoms with Crippen LogP contribution < -0.4 is 10.6 Å². The van der Waals surface area contributed by atoms with E-state index < -0.39 is 42.6 Å². The van der Waals surface area contributed by atoms with Crippen LogP contribution in [0, 0.1) is 5.92 Å². The van der Waals surface area contributed by atoms with Crippen molar-refractivity contribution in [2.24, 2.45) is 5.92 Å². The number of aliphatic hydroxyl groups is 2. The van der Waals surface area contributed by atoms with Crippen LogP contribution in [0.1, 0.15) is 37.3 Å². The molecule has 0 aromatic heterocycles. The van der Waals surface area contributed by atoms with Crippen LogP contribution in [0.5, 0.6) is 0 Å². The third kappa shape index (κ3) is 4.49. The molecule has 1 saturated heterocycles. The maximum absolute atomic E-state index is 12.7. The number of rotatable bonds is 10. The fraction of sp³-hybridized carbons (Fsp3) is 0.571. The van der Waals surface area contributed by atoms with Gasteiger partial charge in [-0.15, -0.1) is 0 Å². The van der Waals surface area contributed by atoms with E-state index in [1.165, 1.54) is 0 Å². The smallest absolute Gasteiger partial charge is 0.245 e. The second kappa shape index (κ2) is 8.61. The third-order valence-electron chi connectivity index (χ3n) is 5.52. The maximum atomic E-state index is 12.7. The number of hydrogen-bond donors (Lipinski definition) is 4. The van der Waals surface area contributed by atoms with Gasteiger partial charge in [0.05, 0.1) is 31.8 Å². The first-order valence-electron chi connectivity index (χ1n) is 9.90. The van der Waals surface area contributed by atoms with E-state index in [9.17, 15) is 24.6 Å². The average Bonchev–Trinajstić information content (AvgIpc) is 3.46. The molecule has 1 aromatic rings. The second-order valence-corrected chi connectivity index (χ2v) is 8.20. The minimum absolute atomic E-state index is 0.104. The summed E-state index contributed by atoms with van der Waals surface area (Å²) in [5.74, 6) is -1.60. The summed E-state index contributed by atoms with van der Waals surface area (Å²) in [7, 11) is 0. The predicted molar refractivity (Wildman–Crippen MR) is 104 cm³/mol. The van der Waals surface area contributed by atoms with Crippen molar-refractivity contribution in [3.05, 3.63) is 35.4 Å². The molecular formula is C21H28N2O6. The Morgan fingerprint density at radius 1 is 1.17 bits per heavy atom. The Balaban J connectivity index is 1.63. The highest BCUT2D eigenvalue weighted by molar-refractivity contribution is 5.98. The summed E-state index contributed by atoms with van der Waals surface area (Å²) in [4.78, 5) is 37.9.